The van der Waals surface area contributed by atoms with Crippen molar-refractivity contribution in [2.24, 2.45) is 0 Å². The average molecular weight is 268 g/mol. The van der Waals surface area contributed by atoms with Gasteiger partial charge in [0.2, 0.25) is 5.91 Å². The molecule has 0 aromatic carbocycles. The van der Waals surface area contributed by atoms with Crippen LogP contribution in [0.15, 0.2) is 0 Å². The summed E-state index contributed by atoms with van der Waals surface area (Å²) in [5.41, 5.74) is -0.228. The predicted octanol–water partition coefficient (Wildman–Crippen LogP) is 1.37. The van der Waals surface area contributed by atoms with Crippen LogP contribution in [0.4, 0.5) is 0 Å². The molecule has 2 rings (SSSR count). The number of hydrogen-bond donors (Lipinski definition) is 2. The third-order valence-electron chi connectivity index (χ3n) is 4.29. The Morgan fingerprint density at radius 1 is 1.37 bits per heavy atom. The largest absolute Gasteiger partial charge is 0.481 e. The molecule has 1 saturated heterocycles. The van der Waals surface area contributed by atoms with E-state index in [0.717, 1.165) is 12.8 Å². The number of carboxylic acids is 1. The summed E-state index contributed by atoms with van der Waals surface area (Å²) in [6.45, 7) is 4.78. The maximum atomic E-state index is 12.6. The van der Waals surface area contributed by atoms with Crippen molar-refractivity contribution >= 4 is 11.9 Å². The molecule has 0 bridgehead atoms. The Kier molecular flexibility index (Phi) is 4.13. The fraction of sp³-hybridized carbons (Fsp3) is 0.857. The Labute approximate surface area is 114 Å². The standard InChI is InChI=1S/C14H24N2O3/c1-14(2)9-15-11(8-12(17)18)13(19)16(14)10-6-4-3-5-7-10/h10-11,15H,3-9H2,1-2H3,(H,17,18). The molecule has 0 aromatic rings. The Bertz CT molecular complexity index is 362. The highest BCUT2D eigenvalue weighted by molar-refractivity contribution is 5.87. The molecule has 2 N–H and O–H groups in total. The smallest absolute Gasteiger partial charge is 0.305 e. The summed E-state index contributed by atoms with van der Waals surface area (Å²) in [5.74, 6) is -0.959. The molecule has 19 heavy (non-hydrogen) atoms. The van der Waals surface area contributed by atoms with Crippen molar-refractivity contribution in [1.82, 2.24) is 10.2 Å². The maximum Gasteiger partial charge on any atom is 0.305 e. The van der Waals surface area contributed by atoms with Crippen LogP contribution in [-0.2, 0) is 9.59 Å². The minimum Gasteiger partial charge on any atom is -0.481 e. The lowest BCUT2D eigenvalue weighted by Gasteiger charge is -2.50. The number of piperazine rings is 1. The molecule has 1 aliphatic heterocycles. The fourth-order valence-corrected chi connectivity index (χ4v) is 3.36. The van der Waals surface area contributed by atoms with Crippen molar-refractivity contribution < 1.29 is 14.7 Å². The highest BCUT2D eigenvalue weighted by Crippen LogP contribution is 2.31. The number of nitrogens with one attached hydrogen (secondary N) is 1. The molecule has 5 heteroatoms. The van der Waals surface area contributed by atoms with E-state index < -0.39 is 12.0 Å². The lowest BCUT2D eigenvalue weighted by atomic mass is 9.87. The normalized spacial score (nSPS) is 28.4. The SMILES string of the molecule is CC1(C)CNC(CC(=O)O)C(=O)N1C1CCCCC1. The van der Waals surface area contributed by atoms with E-state index in [2.05, 4.69) is 19.2 Å². The molecule has 1 unspecified atom stereocenters. The summed E-state index contributed by atoms with van der Waals surface area (Å²) in [6, 6.07) is -0.276. The van der Waals surface area contributed by atoms with E-state index in [0.29, 0.717) is 6.54 Å². The Morgan fingerprint density at radius 3 is 2.58 bits per heavy atom. The molecule has 1 saturated carbocycles. The van der Waals surface area contributed by atoms with Crippen molar-refractivity contribution in [1.29, 1.82) is 0 Å². The lowest BCUT2D eigenvalue weighted by Crippen LogP contribution is -2.68. The number of carbonyl (C=O) groups excluding carboxylic acids is 1. The number of carboxylic acid groups (broad SMARTS) is 1. The average Bonchev–Trinajstić information content (AvgIpc) is 2.34. The lowest BCUT2D eigenvalue weighted by molar-refractivity contribution is -0.152. The van der Waals surface area contributed by atoms with E-state index in [1.165, 1.54) is 19.3 Å². The molecule has 108 valence electrons. The van der Waals surface area contributed by atoms with Crippen LogP contribution >= 0.6 is 0 Å². The highest BCUT2D eigenvalue weighted by atomic mass is 16.4. The van der Waals surface area contributed by atoms with Gasteiger partial charge in [0, 0.05) is 12.6 Å². The van der Waals surface area contributed by atoms with Gasteiger partial charge in [-0.05, 0) is 26.7 Å². The molecular formula is C14H24N2O3. The fourth-order valence-electron chi connectivity index (χ4n) is 3.36. The molecule has 2 fully saturated rings. The van der Waals surface area contributed by atoms with Crippen LogP contribution in [0.3, 0.4) is 0 Å². The zero-order valence-corrected chi connectivity index (χ0v) is 11.8. The van der Waals surface area contributed by atoms with Crippen LogP contribution in [0.25, 0.3) is 0 Å². The number of nitrogens with zero attached hydrogens (tertiary/aromatic N) is 1. The molecule has 0 aromatic heterocycles. The van der Waals surface area contributed by atoms with E-state index in [1.54, 1.807) is 0 Å². The summed E-state index contributed by atoms with van der Waals surface area (Å²) < 4.78 is 0. The zero-order valence-electron chi connectivity index (χ0n) is 11.8. The van der Waals surface area contributed by atoms with Gasteiger partial charge in [-0.2, -0.15) is 0 Å². The van der Waals surface area contributed by atoms with Gasteiger partial charge in [0.15, 0.2) is 0 Å². The minimum atomic E-state index is -0.922. The van der Waals surface area contributed by atoms with E-state index in [1.807, 2.05) is 4.90 Å². The van der Waals surface area contributed by atoms with Gasteiger partial charge < -0.3 is 15.3 Å². The van der Waals surface area contributed by atoms with Gasteiger partial charge in [-0.1, -0.05) is 19.3 Å². The molecule has 2 aliphatic rings. The first kappa shape index (κ1) is 14.3. The summed E-state index contributed by atoms with van der Waals surface area (Å²) >= 11 is 0. The number of carbonyl (C=O) groups is 2. The first-order valence-corrected chi connectivity index (χ1v) is 7.20. The van der Waals surface area contributed by atoms with Crippen molar-refractivity contribution in [2.75, 3.05) is 6.54 Å². The van der Waals surface area contributed by atoms with Crippen LogP contribution in [0, 0.1) is 0 Å². The molecule has 1 heterocycles. The molecule has 0 spiro atoms. The third kappa shape index (κ3) is 3.08. The van der Waals surface area contributed by atoms with Crippen LogP contribution in [0.5, 0.6) is 0 Å². The van der Waals surface area contributed by atoms with Crippen molar-refractivity contribution in [3.63, 3.8) is 0 Å². The second-order valence-electron chi connectivity index (χ2n) is 6.34. The van der Waals surface area contributed by atoms with E-state index in [-0.39, 0.29) is 23.9 Å². The van der Waals surface area contributed by atoms with Crippen LogP contribution < -0.4 is 5.32 Å². The number of rotatable bonds is 3. The Morgan fingerprint density at radius 2 is 2.00 bits per heavy atom. The molecule has 5 nitrogen and oxygen atoms in total. The Balaban J connectivity index is 2.15. The van der Waals surface area contributed by atoms with Crippen LogP contribution in [-0.4, -0.2) is 46.1 Å². The molecule has 0 radical (unpaired) electrons. The number of amides is 1. The minimum absolute atomic E-state index is 0.0365. The Hall–Kier alpha value is -1.10. The maximum absolute atomic E-state index is 12.6. The summed E-state index contributed by atoms with van der Waals surface area (Å²) in [6.07, 6.45) is 5.56. The first-order valence-electron chi connectivity index (χ1n) is 7.20. The third-order valence-corrected chi connectivity index (χ3v) is 4.29. The summed E-state index contributed by atoms with van der Waals surface area (Å²) in [7, 11) is 0. The number of aliphatic carboxylic acids is 1. The summed E-state index contributed by atoms with van der Waals surface area (Å²) in [5, 5.41) is 12.0. The van der Waals surface area contributed by atoms with E-state index in [4.69, 9.17) is 5.11 Å². The van der Waals surface area contributed by atoms with Gasteiger partial charge in [-0.3, -0.25) is 9.59 Å². The van der Waals surface area contributed by atoms with Gasteiger partial charge in [0.25, 0.3) is 0 Å². The van der Waals surface area contributed by atoms with Gasteiger partial charge in [-0.15, -0.1) is 0 Å². The van der Waals surface area contributed by atoms with Crippen LogP contribution in [0.1, 0.15) is 52.4 Å². The molecular weight excluding hydrogens is 244 g/mol. The molecule has 1 atom stereocenters. The second kappa shape index (κ2) is 5.49. The van der Waals surface area contributed by atoms with E-state index in [9.17, 15) is 9.59 Å². The number of hydrogen-bond acceptors (Lipinski definition) is 3. The highest BCUT2D eigenvalue weighted by Gasteiger charge is 2.44. The van der Waals surface area contributed by atoms with Gasteiger partial charge in [0.1, 0.15) is 0 Å². The molecule has 1 amide bonds. The van der Waals surface area contributed by atoms with Gasteiger partial charge in [-0.25, -0.2) is 0 Å². The topological polar surface area (TPSA) is 69.6 Å². The van der Waals surface area contributed by atoms with Gasteiger partial charge in [0.05, 0.1) is 18.0 Å². The monoisotopic (exact) mass is 268 g/mol. The first-order chi connectivity index (χ1) is 8.92. The van der Waals surface area contributed by atoms with E-state index >= 15 is 0 Å². The van der Waals surface area contributed by atoms with Crippen molar-refractivity contribution in [3.05, 3.63) is 0 Å². The summed E-state index contributed by atoms with van der Waals surface area (Å²) in [4.78, 5) is 25.4. The van der Waals surface area contributed by atoms with Gasteiger partial charge >= 0.3 is 5.97 Å². The quantitative estimate of drug-likeness (QED) is 0.811. The second-order valence-corrected chi connectivity index (χ2v) is 6.34. The van der Waals surface area contributed by atoms with Crippen molar-refractivity contribution in [3.8, 4) is 0 Å². The van der Waals surface area contributed by atoms with Crippen LogP contribution in [0.2, 0.25) is 0 Å². The van der Waals surface area contributed by atoms with Crippen molar-refractivity contribution in [2.45, 2.75) is 70.0 Å². The predicted molar refractivity (Wildman–Crippen MR) is 71.8 cm³/mol. The molecule has 1 aliphatic carbocycles. The zero-order chi connectivity index (χ0) is 14.0.